The molecule has 198 valence electrons. The predicted octanol–water partition coefficient (Wildman–Crippen LogP) is 3.87. The fourth-order valence-corrected chi connectivity index (χ4v) is 6.12. The quantitative estimate of drug-likeness (QED) is 0.131. The summed E-state index contributed by atoms with van der Waals surface area (Å²) in [7, 11) is -2.43. The van der Waals surface area contributed by atoms with Crippen LogP contribution in [-0.4, -0.2) is 44.8 Å². The molecule has 5 N–H and O–H groups in total. The van der Waals surface area contributed by atoms with E-state index in [1.54, 1.807) is 26.8 Å². The zero-order valence-electron chi connectivity index (χ0n) is 20.4. The summed E-state index contributed by atoms with van der Waals surface area (Å²) in [6.07, 6.45) is 0.847. The minimum absolute atomic E-state index is 0. The molecule has 0 radical (unpaired) electrons. The van der Waals surface area contributed by atoms with Gasteiger partial charge in [0.1, 0.15) is 5.75 Å². The van der Waals surface area contributed by atoms with Gasteiger partial charge >= 0.3 is 0 Å². The number of thiazole rings is 1. The first-order chi connectivity index (χ1) is 16.0. The summed E-state index contributed by atoms with van der Waals surface area (Å²) in [6, 6.07) is 8.45. The molecular formula is C23H31Cl2N5O4S2. The highest BCUT2D eigenvalue weighted by Crippen LogP contribution is 2.30. The minimum atomic E-state index is -3.96. The van der Waals surface area contributed by atoms with E-state index in [2.05, 4.69) is 15.0 Å². The Labute approximate surface area is 227 Å². The average molecular weight is 577 g/mol. The predicted molar refractivity (Wildman–Crippen MR) is 149 cm³/mol. The van der Waals surface area contributed by atoms with Crippen molar-refractivity contribution in [2.75, 3.05) is 13.7 Å². The van der Waals surface area contributed by atoms with Crippen LogP contribution in [0.4, 0.5) is 0 Å². The van der Waals surface area contributed by atoms with Crippen LogP contribution in [0.15, 0.2) is 35.2 Å². The maximum absolute atomic E-state index is 12.9. The van der Waals surface area contributed by atoms with Crippen molar-refractivity contribution in [3.63, 3.8) is 0 Å². The molecule has 1 aromatic heterocycles. The van der Waals surface area contributed by atoms with Gasteiger partial charge in [-0.25, -0.2) is 18.1 Å². The molecule has 0 saturated heterocycles. The molecule has 0 bridgehead atoms. The number of ketones is 1. The number of aryl methyl sites for hydroxylation is 1. The minimum Gasteiger partial charge on any atom is -0.496 e. The van der Waals surface area contributed by atoms with Crippen LogP contribution in [0.1, 0.15) is 39.3 Å². The number of guanidine groups is 1. The molecule has 3 rings (SSSR count). The third-order valence-electron chi connectivity index (χ3n) is 5.54. The summed E-state index contributed by atoms with van der Waals surface area (Å²) in [4.78, 5) is 17.1. The second-order valence-electron chi connectivity index (χ2n) is 7.98. The molecule has 1 unspecified atom stereocenters. The molecule has 0 fully saturated rings. The Morgan fingerprint density at radius 2 is 1.86 bits per heavy atom. The normalized spacial score (nSPS) is 11.7. The number of nitrogens with one attached hydrogen (secondary N) is 3. The standard InChI is InChI=1S/C23H29N5O4S2.2ClH/c1-13-12-18(32-4)14(2)15(3)21(13)34(30,31)28-23(25)26-11-7-8-16(24)20(29)22-27-17-9-5-6-10-19(17)33-22;;/h5-6,9-10,12,16H,7-8,11,24H2,1-4H3,(H3,25,26,28);2*1H. The molecule has 9 nitrogen and oxygen atoms in total. The van der Waals surface area contributed by atoms with E-state index in [9.17, 15) is 13.2 Å². The van der Waals surface area contributed by atoms with Gasteiger partial charge in [-0.1, -0.05) is 12.1 Å². The maximum atomic E-state index is 12.9. The Morgan fingerprint density at radius 1 is 1.19 bits per heavy atom. The molecule has 13 heteroatoms. The van der Waals surface area contributed by atoms with E-state index in [1.807, 2.05) is 24.3 Å². The number of carbonyl (C=O) groups is 1. The third kappa shape index (κ3) is 7.07. The van der Waals surface area contributed by atoms with E-state index in [4.69, 9.17) is 15.9 Å². The molecule has 1 heterocycles. The van der Waals surface area contributed by atoms with E-state index in [1.165, 1.54) is 18.4 Å². The van der Waals surface area contributed by atoms with Crippen LogP contribution in [0.3, 0.4) is 0 Å². The van der Waals surface area contributed by atoms with Crippen molar-refractivity contribution in [1.29, 1.82) is 5.41 Å². The lowest BCUT2D eigenvalue weighted by Gasteiger charge is -2.18. The van der Waals surface area contributed by atoms with E-state index in [0.29, 0.717) is 34.7 Å². The van der Waals surface area contributed by atoms with Crippen molar-refractivity contribution in [3.05, 3.63) is 52.0 Å². The van der Waals surface area contributed by atoms with Crippen LogP contribution in [-0.2, 0) is 10.0 Å². The van der Waals surface area contributed by atoms with E-state index in [-0.39, 0.29) is 48.0 Å². The van der Waals surface area contributed by atoms with Gasteiger partial charge in [-0.15, -0.1) is 36.2 Å². The fraction of sp³-hybridized carbons (Fsp3) is 0.348. The Bertz CT molecular complexity index is 1310. The molecule has 0 aliphatic rings. The largest absolute Gasteiger partial charge is 0.496 e. The molecule has 0 aliphatic carbocycles. The number of hydrogen-bond donors (Lipinski definition) is 4. The second kappa shape index (κ2) is 13.2. The number of para-hydroxylation sites is 1. The van der Waals surface area contributed by atoms with Crippen LogP contribution in [0, 0.1) is 26.2 Å². The third-order valence-corrected chi connectivity index (χ3v) is 8.23. The van der Waals surface area contributed by atoms with Gasteiger partial charge in [-0.3, -0.25) is 10.2 Å². The smallest absolute Gasteiger partial charge is 0.264 e. The number of aromatic nitrogens is 1. The number of rotatable bonds is 9. The van der Waals surface area contributed by atoms with Gasteiger partial charge in [0.05, 0.1) is 28.3 Å². The Morgan fingerprint density at radius 3 is 2.50 bits per heavy atom. The van der Waals surface area contributed by atoms with Gasteiger partial charge in [-0.05, 0) is 68.5 Å². The zero-order chi connectivity index (χ0) is 25.0. The molecule has 0 amide bonds. The Hall–Kier alpha value is -2.44. The van der Waals surface area contributed by atoms with Crippen molar-refractivity contribution in [2.45, 2.75) is 44.6 Å². The molecule has 3 aromatic rings. The number of halogens is 2. The lowest BCUT2D eigenvalue weighted by Crippen LogP contribution is -2.41. The van der Waals surface area contributed by atoms with Crippen LogP contribution in [0.5, 0.6) is 5.75 Å². The van der Waals surface area contributed by atoms with Gasteiger partial charge in [-0.2, -0.15) is 0 Å². The van der Waals surface area contributed by atoms with Gasteiger partial charge in [0, 0.05) is 6.54 Å². The molecule has 0 spiro atoms. The molecule has 2 aromatic carbocycles. The Balaban J connectivity index is 0.00000324. The van der Waals surface area contributed by atoms with Crippen molar-refractivity contribution in [1.82, 2.24) is 15.0 Å². The van der Waals surface area contributed by atoms with Gasteiger partial charge < -0.3 is 15.8 Å². The number of sulfonamides is 1. The number of carbonyl (C=O) groups excluding carboxylic acids is 1. The molecule has 0 aliphatic heterocycles. The van der Waals surface area contributed by atoms with Crippen LogP contribution in [0.2, 0.25) is 0 Å². The summed E-state index contributed by atoms with van der Waals surface area (Å²) in [5, 5.41) is 11.1. The molecule has 36 heavy (non-hydrogen) atoms. The van der Waals surface area contributed by atoms with Crippen molar-refractivity contribution in [3.8, 4) is 5.75 Å². The SMILES string of the molecule is COc1cc(C)c(S(=O)(=O)NC(=N)NCCCC(N)C(=O)c2nc3ccccc3s2)c(C)c1C.Cl.Cl. The number of benzene rings is 2. The molecule has 0 saturated carbocycles. The van der Waals surface area contributed by atoms with Gasteiger partial charge in [0.15, 0.2) is 5.01 Å². The highest BCUT2D eigenvalue weighted by Gasteiger charge is 2.24. The van der Waals surface area contributed by atoms with Crippen LogP contribution < -0.4 is 20.5 Å². The first-order valence-corrected chi connectivity index (χ1v) is 13.0. The van der Waals surface area contributed by atoms with Gasteiger partial charge in [0.2, 0.25) is 11.7 Å². The second-order valence-corrected chi connectivity index (χ2v) is 10.6. The number of ether oxygens (including phenoxy) is 1. The number of methoxy groups -OCH3 is 1. The summed E-state index contributed by atoms with van der Waals surface area (Å²) in [5.74, 6) is 0.0371. The van der Waals surface area contributed by atoms with E-state index < -0.39 is 16.1 Å². The number of nitrogens with two attached hydrogens (primary N) is 1. The highest BCUT2D eigenvalue weighted by molar-refractivity contribution is 7.90. The summed E-state index contributed by atoms with van der Waals surface area (Å²) in [5.41, 5.74) is 8.63. The van der Waals surface area contributed by atoms with Crippen LogP contribution >= 0.6 is 36.2 Å². The number of fused-ring (bicyclic) bond motifs is 1. The van der Waals surface area contributed by atoms with Crippen molar-refractivity contribution < 1.29 is 17.9 Å². The molecule has 1 atom stereocenters. The number of hydrogen-bond acceptors (Lipinski definition) is 8. The first kappa shape index (κ1) is 31.6. The van der Waals surface area contributed by atoms with E-state index >= 15 is 0 Å². The van der Waals surface area contributed by atoms with Crippen molar-refractivity contribution >= 4 is 68.1 Å². The lowest BCUT2D eigenvalue weighted by molar-refractivity contribution is 0.0956. The number of nitrogens with zero attached hydrogens (tertiary/aromatic N) is 1. The summed E-state index contributed by atoms with van der Waals surface area (Å²) in [6.45, 7) is 5.46. The maximum Gasteiger partial charge on any atom is 0.264 e. The number of Topliss-reactive ketones (excluding diaryl/α,β-unsaturated/α-hetero) is 1. The first-order valence-electron chi connectivity index (χ1n) is 10.7. The fourth-order valence-electron chi connectivity index (χ4n) is 3.67. The topological polar surface area (TPSA) is 147 Å². The monoisotopic (exact) mass is 575 g/mol. The van der Waals surface area contributed by atoms with Gasteiger partial charge in [0.25, 0.3) is 10.0 Å². The summed E-state index contributed by atoms with van der Waals surface area (Å²) < 4.78 is 34.3. The highest BCUT2D eigenvalue weighted by atomic mass is 35.5. The van der Waals surface area contributed by atoms with E-state index in [0.717, 1.165) is 15.8 Å². The van der Waals surface area contributed by atoms with Crippen LogP contribution in [0.25, 0.3) is 10.2 Å². The lowest BCUT2D eigenvalue weighted by atomic mass is 10.1. The Kier molecular flexibility index (Phi) is 11.6. The average Bonchev–Trinajstić information content (AvgIpc) is 3.22. The summed E-state index contributed by atoms with van der Waals surface area (Å²) >= 11 is 1.31. The zero-order valence-corrected chi connectivity index (χ0v) is 23.6. The van der Waals surface area contributed by atoms with Crippen molar-refractivity contribution in [2.24, 2.45) is 5.73 Å². The molecular weight excluding hydrogens is 545 g/mol.